The predicted molar refractivity (Wildman–Crippen MR) is 87.0 cm³/mol. The fraction of sp³-hybridized carbons (Fsp3) is 0.294. The van der Waals surface area contributed by atoms with E-state index in [1.807, 2.05) is 13.8 Å². The fourth-order valence-corrected chi connectivity index (χ4v) is 1.97. The molecule has 1 amide bonds. The van der Waals surface area contributed by atoms with Crippen molar-refractivity contribution in [3.8, 4) is 0 Å². The summed E-state index contributed by atoms with van der Waals surface area (Å²) in [6, 6.07) is 7.97. The third kappa shape index (κ3) is 4.71. The van der Waals surface area contributed by atoms with Crippen molar-refractivity contribution in [2.75, 3.05) is 10.6 Å². The van der Waals surface area contributed by atoms with Crippen LogP contribution in [0.25, 0.3) is 0 Å². The molecule has 2 rings (SSSR count). The van der Waals surface area contributed by atoms with Crippen LogP contribution in [0.1, 0.15) is 36.3 Å². The number of nitrogens with one attached hydrogen (secondary N) is 2. The molecule has 0 aliphatic heterocycles. The summed E-state index contributed by atoms with van der Waals surface area (Å²) in [7, 11) is 0. The van der Waals surface area contributed by atoms with E-state index in [0.717, 1.165) is 24.2 Å². The van der Waals surface area contributed by atoms with Crippen molar-refractivity contribution in [1.29, 1.82) is 0 Å². The summed E-state index contributed by atoms with van der Waals surface area (Å²) < 4.78 is 38.0. The van der Waals surface area contributed by atoms with E-state index in [0.29, 0.717) is 0 Å². The molecule has 4 nitrogen and oxygen atoms in total. The van der Waals surface area contributed by atoms with Crippen molar-refractivity contribution in [3.63, 3.8) is 0 Å². The van der Waals surface area contributed by atoms with Gasteiger partial charge in [-0.3, -0.25) is 4.79 Å². The van der Waals surface area contributed by atoms with Crippen molar-refractivity contribution in [2.45, 2.75) is 32.5 Å². The highest BCUT2D eigenvalue weighted by molar-refractivity contribution is 6.03. The number of nitrogens with zero attached hydrogens (tertiary/aromatic N) is 1. The largest absolute Gasteiger partial charge is 0.416 e. The highest BCUT2D eigenvalue weighted by Crippen LogP contribution is 2.30. The van der Waals surface area contributed by atoms with Crippen molar-refractivity contribution in [2.24, 2.45) is 0 Å². The van der Waals surface area contributed by atoms with Gasteiger partial charge in [0.05, 0.1) is 17.4 Å². The topological polar surface area (TPSA) is 54.0 Å². The predicted octanol–water partition coefficient (Wildman–Crippen LogP) is 4.56. The molecule has 2 aromatic rings. The van der Waals surface area contributed by atoms with Gasteiger partial charge in [0.1, 0.15) is 5.69 Å². The average Bonchev–Trinajstić information content (AvgIpc) is 2.54. The van der Waals surface area contributed by atoms with Gasteiger partial charge in [-0.15, -0.1) is 0 Å². The van der Waals surface area contributed by atoms with E-state index >= 15 is 0 Å². The monoisotopic (exact) mass is 337 g/mol. The zero-order chi connectivity index (χ0) is 17.7. The second kappa shape index (κ2) is 7.33. The Morgan fingerprint density at radius 3 is 2.54 bits per heavy atom. The number of hydrogen-bond donors (Lipinski definition) is 2. The van der Waals surface area contributed by atoms with Gasteiger partial charge in [0.25, 0.3) is 5.91 Å². The summed E-state index contributed by atoms with van der Waals surface area (Å²) in [6.07, 6.45) is -1.99. The van der Waals surface area contributed by atoms with Gasteiger partial charge in [-0.25, -0.2) is 4.98 Å². The summed E-state index contributed by atoms with van der Waals surface area (Å²) in [6.45, 7) is 4.07. The van der Waals surface area contributed by atoms with E-state index in [9.17, 15) is 18.0 Å². The Bertz CT molecular complexity index is 699. The summed E-state index contributed by atoms with van der Waals surface area (Å²) >= 11 is 0. The molecule has 0 aliphatic carbocycles. The molecule has 128 valence electrons. The SMILES string of the molecule is CCC(C)Nc1ccc(C(=O)Nc2cccc(C(F)(F)F)c2)nc1. The molecule has 0 bridgehead atoms. The van der Waals surface area contributed by atoms with Gasteiger partial charge in [-0.1, -0.05) is 13.0 Å². The van der Waals surface area contributed by atoms with Gasteiger partial charge < -0.3 is 10.6 Å². The fourth-order valence-electron chi connectivity index (χ4n) is 1.97. The number of pyridine rings is 1. The minimum absolute atomic E-state index is 0.0680. The molecular weight excluding hydrogens is 319 g/mol. The molecular formula is C17H18F3N3O. The standard InChI is InChI=1S/C17H18F3N3O/c1-3-11(2)22-14-7-8-15(21-10-14)16(24)23-13-6-4-5-12(9-13)17(18,19)20/h4-11,22H,3H2,1-2H3,(H,23,24). The van der Waals surface area contributed by atoms with Crippen LogP contribution in [0.2, 0.25) is 0 Å². The second-order valence-corrected chi connectivity index (χ2v) is 5.42. The van der Waals surface area contributed by atoms with Gasteiger partial charge >= 0.3 is 6.18 Å². The van der Waals surface area contributed by atoms with Crippen molar-refractivity contribution >= 4 is 17.3 Å². The molecule has 1 unspecified atom stereocenters. The van der Waals surface area contributed by atoms with Crippen LogP contribution in [0.3, 0.4) is 0 Å². The molecule has 24 heavy (non-hydrogen) atoms. The maximum absolute atomic E-state index is 12.7. The lowest BCUT2D eigenvalue weighted by molar-refractivity contribution is -0.137. The van der Waals surface area contributed by atoms with Gasteiger partial charge in [-0.05, 0) is 43.7 Å². The lowest BCUT2D eigenvalue weighted by Gasteiger charge is -2.13. The van der Waals surface area contributed by atoms with Crippen LogP contribution >= 0.6 is 0 Å². The maximum Gasteiger partial charge on any atom is 0.416 e. The van der Waals surface area contributed by atoms with Crippen LogP contribution in [0, 0.1) is 0 Å². The maximum atomic E-state index is 12.7. The number of anilines is 2. The summed E-state index contributed by atoms with van der Waals surface area (Å²) in [5.41, 5.74) is 0.155. The molecule has 7 heteroatoms. The number of alkyl halides is 3. The molecule has 0 saturated carbocycles. The van der Waals surface area contributed by atoms with Crippen LogP contribution < -0.4 is 10.6 Å². The van der Waals surface area contributed by atoms with Crippen molar-refractivity contribution < 1.29 is 18.0 Å². The van der Waals surface area contributed by atoms with E-state index in [1.54, 1.807) is 6.07 Å². The normalized spacial score (nSPS) is 12.5. The van der Waals surface area contributed by atoms with Gasteiger partial charge in [0, 0.05) is 11.7 Å². The van der Waals surface area contributed by atoms with E-state index < -0.39 is 17.6 Å². The lowest BCUT2D eigenvalue weighted by Crippen LogP contribution is -2.16. The first-order chi connectivity index (χ1) is 11.3. The number of carbonyl (C=O) groups excluding carboxylic acids is 1. The molecule has 0 fully saturated rings. The summed E-state index contributed by atoms with van der Waals surface area (Å²) in [5, 5.41) is 5.63. The number of amides is 1. The van der Waals surface area contributed by atoms with Crippen molar-refractivity contribution in [3.05, 3.63) is 53.9 Å². The van der Waals surface area contributed by atoms with Gasteiger partial charge in [-0.2, -0.15) is 13.2 Å². The number of hydrogen-bond acceptors (Lipinski definition) is 3. The number of carbonyl (C=O) groups is 1. The number of rotatable bonds is 5. The van der Waals surface area contributed by atoms with E-state index in [2.05, 4.69) is 15.6 Å². The van der Waals surface area contributed by atoms with E-state index in [-0.39, 0.29) is 17.4 Å². The van der Waals surface area contributed by atoms with Crippen LogP contribution in [0.4, 0.5) is 24.5 Å². The summed E-state index contributed by atoms with van der Waals surface area (Å²) in [4.78, 5) is 16.1. The van der Waals surface area contributed by atoms with Crippen LogP contribution in [-0.2, 0) is 6.18 Å². The first-order valence-corrected chi connectivity index (χ1v) is 7.50. The number of benzene rings is 1. The Morgan fingerprint density at radius 1 is 1.21 bits per heavy atom. The highest BCUT2D eigenvalue weighted by atomic mass is 19.4. The molecule has 1 aromatic heterocycles. The number of aromatic nitrogens is 1. The summed E-state index contributed by atoms with van der Waals surface area (Å²) in [5.74, 6) is -0.565. The average molecular weight is 337 g/mol. The third-order valence-electron chi connectivity index (χ3n) is 3.47. The zero-order valence-electron chi connectivity index (χ0n) is 13.3. The van der Waals surface area contributed by atoms with Crippen LogP contribution in [0.5, 0.6) is 0 Å². The Labute approximate surface area is 138 Å². The van der Waals surface area contributed by atoms with Crippen LogP contribution in [0.15, 0.2) is 42.6 Å². The molecule has 2 N–H and O–H groups in total. The highest BCUT2D eigenvalue weighted by Gasteiger charge is 2.30. The number of halogens is 3. The first kappa shape index (κ1) is 17.8. The molecule has 1 heterocycles. The van der Waals surface area contributed by atoms with Gasteiger partial charge in [0.2, 0.25) is 0 Å². The Kier molecular flexibility index (Phi) is 5.43. The molecule has 0 saturated heterocycles. The molecule has 1 atom stereocenters. The zero-order valence-corrected chi connectivity index (χ0v) is 13.3. The minimum atomic E-state index is -4.46. The Morgan fingerprint density at radius 2 is 1.96 bits per heavy atom. The quantitative estimate of drug-likeness (QED) is 0.841. The molecule has 1 aromatic carbocycles. The molecule has 0 aliphatic rings. The molecule has 0 radical (unpaired) electrons. The van der Waals surface area contributed by atoms with E-state index in [4.69, 9.17) is 0 Å². The van der Waals surface area contributed by atoms with Crippen molar-refractivity contribution in [1.82, 2.24) is 4.98 Å². The van der Waals surface area contributed by atoms with E-state index in [1.165, 1.54) is 24.4 Å². The molecule has 0 spiro atoms. The Hall–Kier alpha value is -2.57. The first-order valence-electron chi connectivity index (χ1n) is 7.50. The van der Waals surface area contributed by atoms with Gasteiger partial charge in [0.15, 0.2) is 0 Å². The van der Waals surface area contributed by atoms with Crippen LogP contribution in [-0.4, -0.2) is 16.9 Å². The third-order valence-corrected chi connectivity index (χ3v) is 3.47. The Balaban J connectivity index is 2.07. The minimum Gasteiger partial charge on any atom is -0.381 e. The smallest absolute Gasteiger partial charge is 0.381 e. The lowest BCUT2D eigenvalue weighted by atomic mass is 10.2. The second-order valence-electron chi connectivity index (χ2n) is 5.42.